The highest BCUT2D eigenvalue weighted by Gasteiger charge is 2.25. The summed E-state index contributed by atoms with van der Waals surface area (Å²) < 4.78 is 27.5. The Balaban J connectivity index is 1.65. The van der Waals surface area contributed by atoms with Gasteiger partial charge in [0, 0.05) is 24.7 Å². The number of benzene rings is 2. The van der Waals surface area contributed by atoms with E-state index in [1.165, 1.54) is 0 Å². The SMILES string of the molecule is COc1ccc(NC(=O)OC2CCCCN2N=Cc2ccc(OC)c(OCC(C)C)c2)cc1OC. The van der Waals surface area contributed by atoms with Gasteiger partial charge in [0.25, 0.3) is 0 Å². The number of nitrogens with zero attached hydrogens (tertiary/aromatic N) is 2. The van der Waals surface area contributed by atoms with Gasteiger partial charge in [0.2, 0.25) is 0 Å². The van der Waals surface area contributed by atoms with Crippen molar-refractivity contribution in [2.24, 2.45) is 11.0 Å². The fourth-order valence-electron chi connectivity index (χ4n) is 3.61. The van der Waals surface area contributed by atoms with E-state index < -0.39 is 12.3 Å². The summed E-state index contributed by atoms with van der Waals surface area (Å²) in [7, 11) is 4.72. The van der Waals surface area contributed by atoms with Crippen LogP contribution in [-0.2, 0) is 4.74 Å². The van der Waals surface area contributed by atoms with E-state index >= 15 is 0 Å². The van der Waals surface area contributed by atoms with Crippen molar-refractivity contribution >= 4 is 18.0 Å². The van der Waals surface area contributed by atoms with Crippen LogP contribution in [-0.4, -0.2) is 58.0 Å². The van der Waals surface area contributed by atoms with Gasteiger partial charge in [0.15, 0.2) is 29.2 Å². The molecule has 2 aromatic carbocycles. The lowest BCUT2D eigenvalue weighted by Gasteiger charge is -2.32. The second kappa shape index (κ2) is 12.7. The molecule has 1 fully saturated rings. The van der Waals surface area contributed by atoms with Gasteiger partial charge in [-0.2, -0.15) is 5.10 Å². The molecule has 0 aliphatic carbocycles. The summed E-state index contributed by atoms with van der Waals surface area (Å²) in [4.78, 5) is 12.6. The second-order valence-corrected chi connectivity index (χ2v) is 8.57. The topological polar surface area (TPSA) is 90.9 Å². The van der Waals surface area contributed by atoms with E-state index in [-0.39, 0.29) is 0 Å². The van der Waals surface area contributed by atoms with E-state index in [1.807, 2.05) is 18.2 Å². The van der Waals surface area contributed by atoms with Gasteiger partial charge in [-0.25, -0.2) is 4.79 Å². The molecule has 1 aliphatic heterocycles. The molecule has 9 heteroatoms. The molecule has 2 aromatic rings. The first-order valence-corrected chi connectivity index (χ1v) is 11.7. The zero-order chi connectivity index (χ0) is 25.2. The Morgan fingerprint density at radius 2 is 1.74 bits per heavy atom. The predicted octanol–water partition coefficient (Wildman–Crippen LogP) is 5.14. The van der Waals surface area contributed by atoms with Gasteiger partial charge >= 0.3 is 6.09 Å². The number of piperidine rings is 1. The zero-order valence-corrected chi connectivity index (χ0v) is 21.1. The van der Waals surface area contributed by atoms with Crippen molar-refractivity contribution in [1.29, 1.82) is 0 Å². The second-order valence-electron chi connectivity index (χ2n) is 8.57. The minimum Gasteiger partial charge on any atom is -0.493 e. The Labute approximate surface area is 206 Å². The molecule has 1 atom stereocenters. The normalized spacial score (nSPS) is 15.7. The van der Waals surface area contributed by atoms with Crippen LogP contribution in [0.15, 0.2) is 41.5 Å². The third-order valence-electron chi connectivity index (χ3n) is 5.41. The summed E-state index contributed by atoms with van der Waals surface area (Å²) >= 11 is 0. The lowest BCUT2D eigenvalue weighted by Crippen LogP contribution is -2.40. The molecule has 0 saturated carbocycles. The highest BCUT2D eigenvalue weighted by molar-refractivity contribution is 5.85. The third-order valence-corrected chi connectivity index (χ3v) is 5.41. The fraction of sp³-hybridized carbons (Fsp3) is 0.462. The number of nitrogens with one attached hydrogen (secondary N) is 1. The standard InChI is InChI=1S/C26H35N3O6/c1-18(2)17-34-24-14-19(9-11-22(24)32-4)16-27-29-13-7-6-8-25(29)35-26(30)28-20-10-12-21(31-3)23(15-20)33-5/h9-12,14-16,18,25H,6-8,13,17H2,1-5H3,(H,28,30). The molecule has 1 heterocycles. The van der Waals surface area contributed by atoms with E-state index in [0.717, 1.165) is 18.4 Å². The van der Waals surface area contributed by atoms with Crippen molar-refractivity contribution < 1.29 is 28.5 Å². The van der Waals surface area contributed by atoms with Gasteiger partial charge in [0.1, 0.15) is 0 Å². The smallest absolute Gasteiger partial charge is 0.413 e. The number of hydrazone groups is 1. The average Bonchev–Trinajstić information content (AvgIpc) is 2.86. The van der Waals surface area contributed by atoms with Crippen LogP contribution in [0.25, 0.3) is 0 Å². The summed E-state index contributed by atoms with van der Waals surface area (Å²) in [6.45, 7) is 5.47. The molecule has 1 amide bonds. The lowest BCUT2D eigenvalue weighted by molar-refractivity contribution is -0.0297. The van der Waals surface area contributed by atoms with E-state index in [0.29, 0.717) is 54.2 Å². The largest absolute Gasteiger partial charge is 0.493 e. The molecule has 0 radical (unpaired) electrons. The van der Waals surface area contributed by atoms with Gasteiger partial charge < -0.3 is 23.7 Å². The summed E-state index contributed by atoms with van der Waals surface area (Å²) in [5.41, 5.74) is 1.41. The molecule has 1 aliphatic rings. The highest BCUT2D eigenvalue weighted by atomic mass is 16.6. The van der Waals surface area contributed by atoms with Crippen LogP contribution in [0.3, 0.4) is 0 Å². The number of amides is 1. The summed E-state index contributed by atoms with van der Waals surface area (Å²) in [6, 6.07) is 10.8. The van der Waals surface area contributed by atoms with Crippen LogP contribution < -0.4 is 24.3 Å². The summed E-state index contributed by atoms with van der Waals surface area (Å²) in [6.07, 6.45) is 3.35. The molecule has 0 aromatic heterocycles. The third kappa shape index (κ3) is 7.43. The maximum Gasteiger partial charge on any atom is 0.413 e. The van der Waals surface area contributed by atoms with Gasteiger partial charge in [-0.3, -0.25) is 10.3 Å². The van der Waals surface area contributed by atoms with Gasteiger partial charge in [-0.15, -0.1) is 0 Å². The monoisotopic (exact) mass is 485 g/mol. The van der Waals surface area contributed by atoms with Gasteiger partial charge in [-0.1, -0.05) is 13.8 Å². The molecule has 1 saturated heterocycles. The number of methoxy groups -OCH3 is 3. The first-order chi connectivity index (χ1) is 16.9. The van der Waals surface area contributed by atoms with Crippen LogP contribution >= 0.6 is 0 Å². The molecule has 1 unspecified atom stereocenters. The van der Waals surface area contributed by atoms with E-state index in [1.54, 1.807) is 50.8 Å². The maximum absolute atomic E-state index is 12.6. The van der Waals surface area contributed by atoms with Crippen molar-refractivity contribution in [1.82, 2.24) is 5.01 Å². The Morgan fingerprint density at radius 3 is 2.46 bits per heavy atom. The molecule has 9 nitrogen and oxygen atoms in total. The average molecular weight is 486 g/mol. The predicted molar refractivity (Wildman–Crippen MR) is 135 cm³/mol. The summed E-state index contributed by atoms with van der Waals surface area (Å²) in [5, 5.41) is 9.16. The summed E-state index contributed by atoms with van der Waals surface area (Å²) in [5.74, 6) is 2.84. The minimum absolute atomic E-state index is 0.397. The van der Waals surface area contributed by atoms with Crippen LogP contribution in [0.5, 0.6) is 23.0 Å². The number of anilines is 1. The molecule has 190 valence electrons. The number of ether oxygens (including phenoxy) is 5. The molecule has 35 heavy (non-hydrogen) atoms. The zero-order valence-electron chi connectivity index (χ0n) is 21.1. The van der Waals surface area contributed by atoms with E-state index in [4.69, 9.17) is 23.7 Å². The van der Waals surface area contributed by atoms with Crippen molar-refractivity contribution in [2.75, 3.05) is 39.8 Å². The molecule has 0 bridgehead atoms. The number of hydrogen-bond donors (Lipinski definition) is 1. The number of carbonyl (C=O) groups is 1. The first kappa shape index (κ1) is 26.0. The van der Waals surface area contributed by atoms with E-state index in [2.05, 4.69) is 24.3 Å². The van der Waals surface area contributed by atoms with Crippen molar-refractivity contribution in [3.05, 3.63) is 42.0 Å². The highest BCUT2D eigenvalue weighted by Crippen LogP contribution is 2.30. The lowest BCUT2D eigenvalue weighted by atomic mass is 10.1. The van der Waals surface area contributed by atoms with Crippen molar-refractivity contribution in [3.8, 4) is 23.0 Å². The Bertz CT molecular complexity index is 1010. The Morgan fingerprint density at radius 1 is 1.03 bits per heavy atom. The number of carbonyl (C=O) groups excluding carboxylic acids is 1. The van der Waals surface area contributed by atoms with Crippen molar-refractivity contribution in [2.45, 2.75) is 39.3 Å². The molecule has 0 spiro atoms. The molecular weight excluding hydrogens is 450 g/mol. The molecular formula is C26H35N3O6. The Hall–Kier alpha value is -3.62. The minimum atomic E-state index is -0.557. The van der Waals surface area contributed by atoms with Crippen LogP contribution in [0.1, 0.15) is 38.7 Å². The van der Waals surface area contributed by atoms with Crippen LogP contribution in [0.4, 0.5) is 10.5 Å². The van der Waals surface area contributed by atoms with E-state index in [9.17, 15) is 4.79 Å². The molecule has 1 N–H and O–H groups in total. The van der Waals surface area contributed by atoms with Gasteiger partial charge in [-0.05, 0) is 54.7 Å². The Kier molecular flexibility index (Phi) is 9.46. The quantitative estimate of drug-likeness (QED) is 0.466. The van der Waals surface area contributed by atoms with Crippen LogP contribution in [0.2, 0.25) is 0 Å². The number of rotatable bonds is 10. The molecule has 3 rings (SSSR count). The maximum atomic E-state index is 12.6. The fourth-order valence-corrected chi connectivity index (χ4v) is 3.61. The number of hydrogen-bond acceptors (Lipinski definition) is 8. The van der Waals surface area contributed by atoms with Crippen molar-refractivity contribution in [3.63, 3.8) is 0 Å². The first-order valence-electron chi connectivity index (χ1n) is 11.7. The van der Waals surface area contributed by atoms with Crippen LogP contribution in [0, 0.1) is 5.92 Å². The van der Waals surface area contributed by atoms with Gasteiger partial charge in [0.05, 0.1) is 34.2 Å².